The van der Waals surface area contributed by atoms with E-state index < -0.39 is 46.2 Å². The van der Waals surface area contributed by atoms with Gasteiger partial charge in [0.25, 0.3) is 0 Å². The van der Waals surface area contributed by atoms with Crippen LogP contribution >= 0.6 is 0 Å². The first-order valence-electron chi connectivity index (χ1n) is 9.16. The second-order valence-corrected chi connectivity index (χ2v) is 6.84. The van der Waals surface area contributed by atoms with Gasteiger partial charge in [-0.05, 0) is 37.1 Å². The molecule has 1 aromatic heterocycles. The van der Waals surface area contributed by atoms with Gasteiger partial charge in [-0.15, -0.1) is 0 Å². The molecule has 0 saturated heterocycles. The minimum atomic E-state index is -1.64. The predicted octanol–water partition coefficient (Wildman–Crippen LogP) is 5.95. The van der Waals surface area contributed by atoms with Crippen LogP contribution in [0.5, 0.6) is 0 Å². The van der Waals surface area contributed by atoms with Gasteiger partial charge < -0.3 is 9.67 Å². The Bertz CT molecular complexity index is 1270. The van der Waals surface area contributed by atoms with Crippen molar-refractivity contribution in [1.82, 2.24) is 9.55 Å². The maximum absolute atomic E-state index is 15.0. The Labute approximate surface area is 175 Å². The summed E-state index contributed by atoms with van der Waals surface area (Å²) in [5.74, 6) is -8.19. The molecule has 31 heavy (non-hydrogen) atoms. The second kappa shape index (κ2) is 8.22. The SMILES string of the molecule is C=C/C=C(\C=C/C)c1c(F)c(F)c(-c2nc3cc(C)cc(C(=O)O)c3n2C)c(F)c1F. The van der Waals surface area contributed by atoms with Crippen LogP contribution in [0.3, 0.4) is 0 Å². The number of carbonyl (C=O) groups is 1. The number of allylic oxidation sites excluding steroid dienone is 5. The minimum Gasteiger partial charge on any atom is -0.478 e. The van der Waals surface area contributed by atoms with Gasteiger partial charge in [0.15, 0.2) is 23.3 Å². The number of fused-ring (bicyclic) bond motifs is 1. The van der Waals surface area contributed by atoms with E-state index in [0.29, 0.717) is 5.56 Å². The number of carboxylic acids is 1. The summed E-state index contributed by atoms with van der Waals surface area (Å²) < 4.78 is 61.0. The molecule has 2 aromatic carbocycles. The van der Waals surface area contributed by atoms with Crippen LogP contribution in [0.1, 0.15) is 28.4 Å². The molecule has 3 rings (SSSR count). The smallest absolute Gasteiger partial charge is 0.337 e. The zero-order chi connectivity index (χ0) is 23.0. The van der Waals surface area contributed by atoms with E-state index in [1.54, 1.807) is 13.8 Å². The lowest BCUT2D eigenvalue weighted by Crippen LogP contribution is -2.08. The van der Waals surface area contributed by atoms with Gasteiger partial charge in [-0.3, -0.25) is 0 Å². The number of imidazole rings is 1. The van der Waals surface area contributed by atoms with Crippen molar-refractivity contribution in [3.05, 3.63) is 83.0 Å². The molecule has 0 aliphatic carbocycles. The molecule has 160 valence electrons. The van der Waals surface area contributed by atoms with E-state index in [1.807, 2.05) is 0 Å². The van der Waals surface area contributed by atoms with Gasteiger partial charge in [-0.25, -0.2) is 27.3 Å². The number of aromatic nitrogens is 2. The lowest BCUT2D eigenvalue weighted by atomic mass is 9.99. The topological polar surface area (TPSA) is 55.1 Å². The number of halogens is 4. The Morgan fingerprint density at radius 1 is 1.13 bits per heavy atom. The number of aryl methyl sites for hydroxylation is 2. The summed E-state index contributed by atoms with van der Waals surface area (Å²) in [6.45, 7) is 6.65. The van der Waals surface area contributed by atoms with E-state index in [4.69, 9.17) is 0 Å². The molecule has 0 amide bonds. The molecule has 0 aliphatic heterocycles. The molecule has 0 aliphatic rings. The molecule has 3 aromatic rings. The van der Waals surface area contributed by atoms with Gasteiger partial charge >= 0.3 is 5.97 Å². The van der Waals surface area contributed by atoms with Crippen LogP contribution in [0.25, 0.3) is 28.0 Å². The van der Waals surface area contributed by atoms with Gasteiger partial charge in [0.05, 0.1) is 27.7 Å². The number of hydrogen-bond acceptors (Lipinski definition) is 2. The van der Waals surface area contributed by atoms with Crippen molar-refractivity contribution in [1.29, 1.82) is 0 Å². The summed E-state index contributed by atoms with van der Waals surface area (Å²) >= 11 is 0. The highest BCUT2D eigenvalue weighted by molar-refractivity contribution is 6.02. The minimum absolute atomic E-state index is 0.0675. The van der Waals surface area contributed by atoms with Crippen molar-refractivity contribution in [2.75, 3.05) is 0 Å². The van der Waals surface area contributed by atoms with Gasteiger partial charge in [0.2, 0.25) is 0 Å². The lowest BCUT2D eigenvalue weighted by Gasteiger charge is -2.13. The molecular formula is C23H18F4N2O2. The monoisotopic (exact) mass is 430 g/mol. The standard InChI is InChI=1S/C23H18F4N2O2/c1-5-7-12(8-6-2)15-17(24)19(26)16(20(27)18(15)25)22-28-14-10-11(3)9-13(23(30)31)21(14)29(22)4/h5-10H,1H2,2-4H3,(H,30,31)/b8-6-,12-7+. The van der Waals surface area contributed by atoms with Crippen molar-refractivity contribution < 1.29 is 27.5 Å². The molecule has 0 atom stereocenters. The summed E-state index contributed by atoms with van der Waals surface area (Å²) in [6, 6.07) is 2.88. The number of carboxylic acid groups (broad SMARTS) is 1. The maximum atomic E-state index is 15.0. The van der Waals surface area contributed by atoms with E-state index in [2.05, 4.69) is 11.6 Å². The van der Waals surface area contributed by atoms with E-state index in [-0.39, 0.29) is 22.2 Å². The molecule has 0 saturated carbocycles. The normalized spacial score (nSPS) is 12.2. The third-order valence-electron chi connectivity index (χ3n) is 4.76. The summed E-state index contributed by atoms with van der Waals surface area (Å²) in [4.78, 5) is 15.7. The number of hydrogen-bond donors (Lipinski definition) is 1. The quantitative estimate of drug-likeness (QED) is 0.309. The average Bonchev–Trinajstić information content (AvgIpc) is 3.02. The molecule has 1 N–H and O–H groups in total. The molecule has 0 bridgehead atoms. The van der Waals surface area contributed by atoms with Crippen LogP contribution in [0.4, 0.5) is 17.6 Å². The lowest BCUT2D eigenvalue weighted by molar-refractivity contribution is 0.0698. The molecule has 1 heterocycles. The first-order chi connectivity index (χ1) is 14.6. The Kier molecular flexibility index (Phi) is 5.83. The molecule has 8 heteroatoms. The summed E-state index contributed by atoms with van der Waals surface area (Å²) in [7, 11) is 1.32. The Hall–Kier alpha value is -3.68. The zero-order valence-electron chi connectivity index (χ0n) is 16.9. The summed E-state index contributed by atoms with van der Waals surface area (Å²) in [6.07, 6.45) is 5.20. The average molecular weight is 430 g/mol. The molecule has 0 spiro atoms. The van der Waals surface area contributed by atoms with Crippen LogP contribution in [-0.4, -0.2) is 20.6 Å². The van der Waals surface area contributed by atoms with Crippen molar-refractivity contribution in [2.45, 2.75) is 13.8 Å². The van der Waals surface area contributed by atoms with Crippen molar-refractivity contribution in [3.63, 3.8) is 0 Å². The van der Waals surface area contributed by atoms with Crippen molar-refractivity contribution in [2.24, 2.45) is 7.05 Å². The zero-order valence-corrected chi connectivity index (χ0v) is 16.9. The van der Waals surface area contributed by atoms with Crippen molar-refractivity contribution >= 4 is 22.6 Å². The van der Waals surface area contributed by atoms with Crippen LogP contribution in [0, 0.1) is 30.2 Å². The fourth-order valence-corrected chi connectivity index (χ4v) is 3.49. The highest BCUT2D eigenvalue weighted by Crippen LogP contribution is 2.36. The fourth-order valence-electron chi connectivity index (χ4n) is 3.49. The highest BCUT2D eigenvalue weighted by atomic mass is 19.2. The summed E-state index contributed by atoms with van der Waals surface area (Å²) in [5.41, 5.74) is -1.42. The van der Waals surface area contributed by atoms with Gasteiger partial charge in [0, 0.05) is 7.05 Å². The Morgan fingerprint density at radius 3 is 2.26 bits per heavy atom. The Balaban J connectivity index is 2.40. The number of nitrogens with zero attached hydrogens (tertiary/aromatic N) is 2. The van der Waals surface area contributed by atoms with Gasteiger partial charge in [-0.2, -0.15) is 0 Å². The fraction of sp³-hybridized carbons (Fsp3) is 0.130. The predicted molar refractivity (Wildman–Crippen MR) is 111 cm³/mol. The third-order valence-corrected chi connectivity index (χ3v) is 4.76. The van der Waals surface area contributed by atoms with Crippen LogP contribution in [-0.2, 0) is 7.05 Å². The highest BCUT2D eigenvalue weighted by Gasteiger charge is 2.30. The van der Waals surface area contributed by atoms with Crippen molar-refractivity contribution in [3.8, 4) is 11.4 Å². The van der Waals surface area contributed by atoms with E-state index >= 15 is 8.78 Å². The maximum Gasteiger partial charge on any atom is 0.337 e. The first kappa shape index (κ1) is 22.0. The van der Waals surface area contributed by atoms with Gasteiger partial charge in [-0.1, -0.05) is 30.9 Å². The Morgan fingerprint density at radius 2 is 1.74 bits per heavy atom. The van der Waals surface area contributed by atoms with Crippen LogP contribution < -0.4 is 0 Å². The molecule has 0 unspecified atom stereocenters. The molecular weight excluding hydrogens is 412 g/mol. The number of rotatable bonds is 5. The largest absolute Gasteiger partial charge is 0.478 e. The summed E-state index contributed by atoms with van der Waals surface area (Å²) in [5, 5.41) is 9.48. The van der Waals surface area contributed by atoms with E-state index in [1.165, 1.54) is 43.5 Å². The first-order valence-corrected chi connectivity index (χ1v) is 9.16. The van der Waals surface area contributed by atoms with Crippen LogP contribution in [0.2, 0.25) is 0 Å². The number of aromatic carboxylic acids is 1. The number of benzene rings is 2. The van der Waals surface area contributed by atoms with E-state index in [0.717, 1.165) is 4.57 Å². The third kappa shape index (κ3) is 3.54. The van der Waals surface area contributed by atoms with E-state index in [9.17, 15) is 18.7 Å². The van der Waals surface area contributed by atoms with Gasteiger partial charge in [0.1, 0.15) is 5.82 Å². The second-order valence-electron chi connectivity index (χ2n) is 6.84. The molecule has 4 nitrogen and oxygen atoms in total. The van der Waals surface area contributed by atoms with Crippen LogP contribution in [0.15, 0.2) is 43.0 Å². The molecule has 0 radical (unpaired) electrons. The molecule has 0 fully saturated rings.